The molecule has 5 heteroatoms. The fourth-order valence-electron chi connectivity index (χ4n) is 2.13. The summed E-state index contributed by atoms with van der Waals surface area (Å²) in [4.78, 5) is 11.8. The predicted octanol–water partition coefficient (Wildman–Crippen LogP) is 3.10. The van der Waals surface area contributed by atoms with Gasteiger partial charge in [0.2, 0.25) is 0 Å². The van der Waals surface area contributed by atoms with Crippen LogP contribution in [0.4, 0.5) is 8.78 Å². The van der Waals surface area contributed by atoms with Gasteiger partial charge in [0.1, 0.15) is 5.75 Å². The second-order valence-corrected chi connectivity index (χ2v) is 4.43. The second-order valence-electron chi connectivity index (χ2n) is 4.43. The van der Waals surface area contributed by atoms with Crippen LogP contribution < -0.4 is 10.3 Å². The van der Waals surface area contributed by atoms with Gasteiger partial charge in [0.25, 0.3) is 12.0 Å². The van der Waals surface area contributed by atoms with E-state index in [0.29, 0.717) is 11.4 Å². The molecule has 0 radical (unpaired) electrons. The number of alkyl halides is 2. The van der Waals surface area contributed by atoms with Gasteiger partial charge in [-0.2, -0.15) is 0 Å². The summed E-state index contributed by atoms with van der Waals surface area (Å²) < 4.78 is 31.5. The van der Waals surface area contributed by atoms with Gasteiger partial charge >= 0.3 is 0 Å². The van der Waals surface area contributed by atoms with Crippen molar-refractivity contribution in [3.8, 4) is 17.0 Å². The Kier molecular flexibility index (Phi) is 4.17. The van der Waals surface area contributed by atoms with Crippen LogP contribution in [0.3, 0.4) is 0 Å². The van der Waals surface area contributed by atoms with Gasteiger partial charge in [0, 0.05) is 11.6 Å². The van der Waals surface area contributed by atoms with Crippen molar-refractivity contribution < 1.29 is 13.5 Å². The monoisotopic (exact) mass is 279 g/mol. The predicted molar refractivity (Wildman–Crippen MR) is 73.4 cm³/mol. The van der Waals surface area contributed by atoms with E-state index in [1.54, 1.807) is 37.4 Å². The summed E-state index contributed by atoms with van der Waals surface area (Å²) in [5.74, 6) is 0.685. The van der Waals surface area contributed by atoms with Gasteiger partial charge in [-0.3, -0.25) is 4.79 Å². The van der Waals surface area contributed by atoms with Gasteiger partial charge in [0.05, 0.1) is 19.3 Å². The van der Waals surface area contributed by atoms with Crippen LogP contribution in [0.1, 0.15) is 5.56 Å². The van der Waals surface area contributed by atoms with Crippen molar-refractivity contribution in [1.82, 2.24) is 4.57 Å². The molecule has 106 valence electrons. The number of ether oxygens (including phenoxy) is 1. The van der Waals surface area contributed by atoms with Crippen LogP contribution in [0.15, 0.2) is 41.2 Å². The Morgan fingerprint density at radius 2 is 2.00 bits per heavy atom. The van der Waals surface area contributed by atoms with E-state index in [2.05, 4.69) is 0 Å². The highest BCUT2D eigenvalue weighted by molar-refractivity contribution is 5.65. The molecule has 0 aliphatic heterocycles. The summed E-state index contributed by atoms with van der Waals surface area (Å²) in [7, 11) is 1.56. The Hall–Kier alpha value is -2.17. The number of hydrogen-bond acceptors (Lipinski definition) is 2. The Balaban J connectivity index is 2.58. The minimum atomic E-state index is -2.58. The number of nitrogens with zero attached hydrogens (tertiary/aromatic N) is 1. The first-order chi connectivity index (χ1) is 9.52. The van der Waals surface area contributed by atoms with Gasteiger partial charge in [-0.1, -0.05) is 6.07 Å². The highest BCUT2D eigenvalue weighted by atomic mass is 19.3. The van der Waals surface area contributed by atoms with E-state index in [4.69, 9.17) is 4.74 Å². The van der Waals surface area contributed by atoms with Crippen LogP contribution in [-0.2, 0) is 6.54 Å². The van der Waals surface area contributed by atoms with Crippen molar-refractivity contribution >= 4 is 0 Å². The Bertz CT molecular complexity index is 665. The fraction of sp³-hybridized carbons (Fsp3) is 0.267. The number of benzene rings is 1. The lowest BCUT2D eigenvalue weighted by atomic mass is 10.0. The van der Waals surface area contributed by atoms with Crippen molar-refractivity contribution in [3.05, 3.63) is 52.3 Å². The Morgan fingerprint density at radius 1 is 1.25 bits per heavy atom. The number of rotatable bonds is 4. The summed E-state index contributed by atoms with van der Waals surface area (Å²) in [6.07, 6.45) is -2.58. The Morgan fingerprint density at radius 3 is 2.60 bits per heavy atom. The molecule has 2 aromatic rings. The summed E-state index contributed by atoms with van der Waals surface area (Å²) in [6, 6.07) is 9.84. The van der Waals surface area contributed by atoms with Crippen LogP contribution in [0.25, 0.3) is 11.3 Å². The standard InChI is InChI=1S/C15H15F2NO2/c1-10-8-11(20-2)6-7-12(10)13-4-3-5-15(19)18(13)9-14(16)17/h3-8,14H,9H2,1-2H3. The third-order valence-corrected chi connectivity index (χ3v) is 3.08. The molecule has 0 bridgehead atoms. The van der Waals surface area contributed by atoms with E-state index in [1.807, 2.05) is 6.92 Å². The number of halogens is 2. The molecule has 2 rings (SSSR count). The maximum atomic E-state index is 12.6. The lowest BCUT2D eigenvalue weighted by molar-refractivity contribution is 0.126. The van der Waals surface area contributed by atoms with E-state index in [1.165, 1.54) is 6.07 Å². The van der Waals surface area contributed by atoms with Gasteiger partial charge in [-0.05, 0) is 36.8 Å². The van der Waals surface area contributed by atoms with Crippen molar-refractivity contribution in [1.29, 1.82) is 0 Å². The molecular weight excluding hydrogens is 264 g/mol. The normalized spacial score (nSPS) is 10.8. The summed E-state index contributed by atoms with van der Waals surface area (Å²) in [5.41, 5.74) is 1.65. The van der Waals surface area contributed by atoms with E-state index >= 15 is 0 Å². The zero-order valence-electron chi connectivity index (χ0n) is 11.3. The molecular formula is C15H15F2NO2. The van der Waals surface area contributed by atoms with Crippen molar-refractivity contribution in [3.63, 3.8) is 0 Å². The van der Waals surface area contributed by atoms with Crippen LogP contribution in [0.2, 0.25) is 0 Å². The molecule has 3 nitrogen and oxygen atoms in total. The largest absolute Gasteiger partial charge is 0.497 e. The SMILES string of the molecule is COc1ccc(-c2cccc(=O)n2CC(F)F)c(C)c1. The quantitative estimate of drug-likeness (QED) is 0.861. The minimum Gasteiger partial charge on any atom is -0.497 e. The van der Waals surface area contributed by atoms with Gasteiger partial charge in [0.15, 0.2) is 0 Å². The summed E-state index contributed by atoms with van der Waals surface area (Å²) in [5, 5.41) is 0. The molecule has 0 N–H and O–H groups in total. The topological polar surface area (TPSA) is 31.2 Å². The molecule has 20 heavy (non-hydrogen) atoms. The lowest BCUT2D eigenvalue weighted by Gasteiger charge is -2.14. The fourth-order valence-corrected chi connectivity index (χ4v) is 2.13. The van der Waals surface area contributed by atoms with Gasteiger partial charge < -0.3 is 9.30 Å². The maximum Gasteiger partial charge on any atom is 0.256 e. The van der Waals surface area contributed by atoms with Crippen LogP contribution >= 0.6 is 0 Å². The lowest BCUT2D eigenvalue weighted by Crippen LogP contribution is -2.24. The summed E-state index contributed by atoms with van der Waals surface area (Å²) >= 11 is 0. The zero-order chi connectivity index (χ0) is 14.7. The van der Waals surface area contributed by atoms with Crippen LogP contribution in [0, 0.1) is 6.92 Å². The van der Waals surface area contributed by atoms with Crippen LogP contribution in [-0.4, -0.2) is 18.1 Å². The average molecular weight is 279 g/mol. The highest BCUT2D eigenvalue weighted by Crippen LogP contribution is 2.26. The molecule has 0 aliphatic carbocycles. The molecule has 1 aromatic carbocycles. The molecule has 0 spiro atoms. The molecule has 0 fully saturated rings. The first-order valence-electron chi connectivity index (χ1n) is 6.16. The first kappa shape index (κ1) is 14.2. The first-order valence-corrected chi connectivity index (χ1v) is 6.16. The smallest absolute Gasteiger partial charge is 0.256 e. The van der Waals surface area contributed by atoms with E-state index in [0.717, 1.165) is 15.7 Å². The minimum absolute atomic E-state index is 0.432. The van der Waals surface area contributed by atoms with Crippen molar-refractivity contribution in [2.75, 3.05) is 7.11 Å². The highest BCUT2D eigenvalue weighted by Gasteiger charge is 2.13. The molecule has 1 aromatic heterocycles. The molecule has 0 atom stereocenters. The molecule has 0 saturated heterocycles. The molecule has 0 saturated carbocycles. The van der Waals surface area contributed by atoms with Crippen molar-refractivity contribution in [2.45, 2.75) is 19.9 Å². The summed E-state index contributed by atoms with van der Waals surface area (Å²) in [6.45, 7) is 1.24. The number of methoxy groups -OCH3 is 1. The van der Waals surface area contributed by atoms with E-state index in [9.17, 15) is 13.6 Å². The van der Waals surface area contributed by atoms with Gasteiger partial charge in [-0.25, -0.2) is 8.78 Å². The third kappa shape index (κ3) is 2.87. The van der Waals surface area contributed by atoms with Crippen molar-refractivity contribution in [2.24, 2.45) is 0 Å². The molecule has 0 amide bonds. The number of aromatic nitrogens is 1. The van der Waals surface area contributed by atoms with Crippen LogP contribution in [0.5, 0.6) is 5.75 Å². The second kappa shape index (κ2) is 5.86. The molecule has 0 unspecified atom stereocenters. The molecule has 0 aliphatic rings. The number of pyridine rings is 1. The Labute approximate surface area is 115 Å². The maximum absolute atomic E-state index is 12.6. The van der Waals surface area contributed by atoms with E-state index < -0.39 is 18.5 Å². The van der Waals surface area contributed by atoms with E-state index in [-0.39, 0.29) is 0 Å². The number of aryl methyl sites for hydroxylation is 1. The zero-order valence-corrected chi connectivity index (χ0v) is 11.3. The third-order valence-electron chi connectivity index (χ3n) is 3.08. The number of hydrogen-bond donors (Lipinski definition) is 0. The average Bonchev–Trinajstić information content (AvgIpc) is 2.41. The molecule has 1 heterocycles. The van der Waals surface area contributed by atoms with Gasteiger partial charge in [-0.15, -0.1) is 0 Å².